The molecule has 0 aliphatic carbocycles. The first kappa shape index (κ1) is 18.7. The van der Waals surface area contributed by atoms with E-state index in [0.29, 0.717) is 35.4 Å². The molecule has 1 fully saturated rings. The molecule has 3 rings (SSSR count). The van der Waals surface area contributed by atoms with Crippen LogP contribution in [0.1, 0.15) is 12.0 Å². The van der Waals surface area contributed by atoms with E-state index in [0.717, 1.165) is 5.56 Å². The molecule has 2 aromatic carbocycles. The Bertz CT molecular complexity index is 778. The smallest absolute Gasteiger partial charge is 0.323 e. The van der Waals surface area contributed by atoms with Crippen LogP contribution in [0, 0.1) is 0 Å². The average Bonchev–Trinajstić information content (AvgIpc) is 2.58. The van der Waals surface area contributed by atoms with Crippen molar-refractivity contribution in [3.05, 3.63) is 64.1 Å². The predicted octanol–water partition coefficient (Wildman–Crippen LogP) is 3.75. The summed E-state index contributed by atoms with van der Waals surface area (Å²) in [6, 6.07) is 14.0. The molecule has 1 amide bonds. The maximum absolute atomic E-state index is 12.4. The van der Waals surface area contributed by atoms with Gasteiger partial charge in [-0.05, 0) is 23.8 Å². The fourth-order valence-corrected chi connectivity index (χ4v) is 3.42. The lowest BCUT2D eigenvalue weighted by atomic mass is 10.1. The molecule has 1 aliphatic heterocycles. The number of esters is 1. The van der Waals surface area contributed by atoms with E-state index in [1.54, 1.807) is 18.2 Å². The van der Waals surface area contributed by atoms with Crippen LogP contribution in [-0.4, -0.2) is 36.0 Å². The van der Waals surface area contributed by atoms with Crippen LogP contribution < -0.4 is 5.32 Å². The van der Waals surface area contributed by atoms with E-state index in [9.17, 15) is 9.59 Å². The molecule has 1 atom stereocenters. The monoisotopic (exact) mass is 392 g/mol. The van der Waals surface area contributed by atoms with Crippen molar-refractivity contribution in [2.45, 2.75) is 19.0 Å². The molecule has 136 valence electrons. The lowest BCUT2D eigenvalue weighted by Crippen LogP contribution is -2.49. The molecule has 0 spiro atoms. The van der Waals surface area contributed by atoms with Crippen molar-refractivity contribution < 1.29 is 14.3 Å². The maximum atomic E-state index is 12.4. The summed E-state index contributed by atoms with van der Waals surface area (Å²) in [4.78, 5) is 26.6. The molecule has 26 heavy (non-hydrogen) atoms. The van der Waals surface area contributed by atoms with Gasteiger partial charge in [0.1, 0.15) is 12.6 Å². The minimum absolute atomic E-state index is 0.00417. The topological polar surface area (TPSA) is 58.6 Å². The molecule has 1 heterocycles. The summed E-state index contributed by atoms with van der Waals surface area (Å²) in [5.41, 5.74) is 1.57. The molecule has 0 bridgehead atoms. The summed E-state index contributed by atoms with van der Waals surface area (Å²) < 4.78 is 5.14. The third-order valence-electron chi connectivity index (χ3n) is 4.09. The Labute approximate surface area is 161 Å². The first-order chi connectivity index (χ1) is 12.5. The van der Waals surface area contributed by atoms with Crippen molar-refractivity contribution in [2.24, 2.45) is 0 Å². The number of benzene rings is 2. The Hall–Kier alpha value is -2.08. The van der Waals surface area contributed by atoms with Crippen LogP contribution in [0.2, 0.25) is 10.0 Å². The van der Waals surface area contributed by atoms with Gasteiger partial charge in [-0.2, -0.15) is 0 Å². The van der Waals surface area contributed by atoms with Crippen molar-refractivity contribution >= 4 is 40.8 Å². The minimum Gasteiger partial charge on any atom is -0.463 e. The fraction of sp³-hybridized carbons (Fsp3) is 0.263. The number of cyclic esters (lactones) is 1. The van der Waals surface area contributed by atoms with Gasteiger partial charge in [0.05, 0.1) is 6.42 Å². The van der Waals surface area contributed by atoms with Gasteiger partial charge in [-0.25, -0.2) is 0 Å². The number of hydrogen-bond donors (Lipinski definition) is 1. The van der Waals surface area contributed by atoms with Crippen molar-refractivity contribution in [1.29, 1.82) is 0 Å². The van der Waals surface area contributed by atoms with Crippen molar-refractivity contribution in [2.75, 3.05) is 18.5 Å². The van der Waals surface area contributed by atoms with Gasteiger partial charge >= 0.3 is 5.97 Å². The molecule has 2 aromatic rings. The van der Waals surface area contributed by atoms with Gasteiger partial charge in [-0.3, -0.25) is 14.5 Å². The van der Waals surface area contributed by atoms with E-state index in [2.05, 4.69) is 5.32 Å². The standard InChI is InChI=1S/C19H18Cl2N2O3/c20-14-8-15(21)10-16(9-14)22-18(24)11-17-19(25)26-7-6-23(17)12-13-4-2-1-3-5-13/h1-5,8-10,17H,6-7,11-12H2,(H,22,24). The Kier molecular flexibility index (Phi) is 6.14. The SMILES string of the molecule is O=C(CC1C(=O)OCCN1Cc1ccccc1)Nc1cc(Cl)cc(Cl)c1. The molecule has 0 aromatic heterocycles. The number of anilines is 1. The summed E-state index contributed by atoms with van der Waals surface area (Å²) in [5.74, 6) is -0.684. The van der Waals surface area contributed by atoms with E-state index in [-0.39, 0.29) is 18.3 Å². The van der Waals surface area contributed by atoms with Crippen LogP contribution in [0.3, 0.4) is 0 Å². The maximum Gasteiger partial charge on any atom is 0.323 e. The van der Waals surface area contributed by atoms with Crippen LogP contribution in [-0.2, 0) is 20.9 Å². The number of carbonyl (C=O) groups is 2. The van der Waals surface area contributed by atoms with Crippen LogP contribution in [0.25, 0.3) is 0 Å². The van der Waals surface area contributed by atoms with Gasteiger partial charge in [-0.1, -0.05) is 53.5 Å². The molecule has 1 unspecified atom stereocenters. The number of hydrogen-bond acceptors (Lipinski definition) is 4. The second-order valence-corrected chi connectivity index (χ2v) is 6.92. The van der Waals surface area contributed by atoms with E-state index >= 15 is 0 Å². The van der Waals surface area contributed by atoms with Crippen LogP contribution in [0.4, 0.5) is 5.69 Å². The van der Waals surface area contributed by atoms with E-state index in [1.165, 1.54) is 0 Å². The van der Waals surface area contributed by atoms with Crippen molar-refractivity contribution in [1.82, 2.24) is 4.90 Å². The third-order valence-corrected chi connectivity index (χ3v) is 4.53. The average molecular weight is 393 g/mol. The number of halogens is 2. The number of rotatable bonds is 5. The zero-order valence-electron chi connectivity index (χ0n) is 14.0. The summed E-state index contributed by atoms with van der Waals surface area (Å²) in [5, 5.41) is 3.59. The molecule has 5 nitrogen and oxygen atoms in total. The van der Waals surface area contributed by atoms with Gasteiger partial charge in [0.25, 0.3) is 0 Å². The number of carbonyl (C=O) groups excluding carboxylic acids is 2. The van der Waals surface area contributed by atoms with Crippen molar-refractivity contribution in [3.8, 4) is 0 Å². The van der Waals surface area contributed by atoms with Crippen molar-refractivity contribution in [3.63, 3.8) is 0 Å². The first-order valence-electron chi connectivity index (χ1n) is 8.22. The van der Waals surface area contributed by atoms with Gasteiger partial charge in [0.2, 0.25) is 5.91 Å². The number of ether oxygens (including phenoxy) is 1. The van der Waals surface area contributed by atoms with Crippen LogP contribution >= 0.6 is 23.2 Å². The zero-order chi connectivity index (χ0) is 18.5. The number of nitrogens with zero attached hydrogens (tertiary/aromatic N) is 1. The Morgan fingerprint density at radius 3 is 2.54 bits per heavy atom. The predicted molar refractivity (Wildman–Crippen MR) is 101 cm³/mol. The molecule has 1 saturated heterocycles. The molecular weight excluding hydrogens is 375 g/mol. The number of morpholine rings is 1. The lowest BCUT2D eigenvalue weighted by Gasteiger charge is -2.33. The fourth-order valence-electron chi connectivity index (χ4n) is 2.90. The highest BCUT2D eigenvalue weighted by molar-refractivity contribution is 6.35. The number of nitrogens with one attached hydrogen (secondary N) is 1. The molecule has 1 aliphatic rings. The van der Waals surface area contributed by atoms with E-state index < -0.39 is 6.04 Å². The van der Waals surface area contributed by atoms with Gasteiger partial charge in [0, 0.05) is 28.8 Å². The Morgan fingerprint density at radius 1 is 1.15 bits per heavy atom. The zero-order valence-corrected chi connectivity index (χ0v) is 15.5. The van der Waals surface area contributed by atoms with Gasteiger partial charge in [0.15, 0.2) is 0 Å². The highest BCUT2D eigenvalue weighted by Gasteiger charge is 2.33. The highest BCUT2D eigenvalue weighted by atomic mass is 35.5. The largest absolute Gasteiger partial charge is 0.463 e. The second kappa shape index (κ2) is 8.54. The first-order valence-corrected chi connectivity index (χ1v) is 8.97. The molecule has 0 saturated carbocycles. The quantitative estimate of drug-likeness (QED) is 0.787. The normalized spacial score (nSPS) is 17.6. The molecule has 0 radical (unpaired) electrons. The second-order valence-electron chi connectivity index (χ2n) is 6.05. The molecule has 7 heteroatoms. The third kappa shape index (κ3) is 4.97. The summed E-state index contributed by atoms with van der Waals surface area (Å²) in [6.07, 6.45) is -0.00417. The van der Waals surface area contributed by atoms with Crippen LogP contribution in [0.15, 0.2) is 48.5 Å². The van der Waals surface area contributed by atoms with Gasteiger partial charge in [-0.15, -0.1) is 0 Å². The summed E-state index contributed by atoms with van der Waals surface area (Å²) in [6.45, 7) is 1.49. The summed E-state index contributed by atoms with van der Waals surface area (Å²) in [7, 11) is 0. The molecule has 1 N–H and O–H groups in total. The van der Waals surface area contributed by atoms with Crippen LogP contribution in [0.5, 0.6) is 0 Å². The van der Waals surface area contributed by atoms with E-state index in [4.69, 9.17) is 27.9 Å². The van der Waals surface area contributed by atoms with E-state index in [1.807, 2.05) is 35.2 Å². The van der Waals surface area contributed by atoms with Gasteiger partial charge < -0.3 is 10.1 Å². The summed E-state index contributed by atoms with van der Waals surface area (Å²) >= 11 is 11.9. The Morgan fingerprint density at radius 2 is 1.85 bits per heavy atom. The lowest BCUT2D eigenvalue weighted by molar-refractivity contribution is -0.159. The highest BCUT2D eigenvalue weighted by Crippen LogP contribution is 2.23. The molecular formula is C19H18Cl2N2O3. The number of amides is 1. The minimum atomic E-state index is -0.626. The Balaban J connectivity index is 1.68.